The SMILES string of the molecule is C[CH]/C1=C/CCCCCCCC1. The van der Waals surface area contributed by atoms with Gasteiger partial charge in [-0.15, -0.1) is 0 Å². The van der Waals surface area contributed by atoms with Crippen LogP contribution in [0.25, 0.3) is 0 Å². The van der Waals surface area contributed by atoms with Gasteiger partial charge >= 0.3 is 0 Å². The van der Waals surface area contributed by atoms with E-state index in [4.69, 9.17) is 0 Å². The summed E-state index contributed by atoms with van der Waals surface area (Å²) in [4.78, 5) is 0. The third-order valence-electron chi connectivity index (χ3n) is 2.70. The molecule has 0 amide bonds. The van der Waals surface area contributed by atoms with Gasteiger partial charge in [-0.05, 0) is 32.1 Å². The first-order valence-electron chi connectivity index (χ1n) is 5.42. The van der Waals surface area contributed by atoms with Crippen molar-refractivity contribution in [1.82, 2.24) is 0 Å². The summed E-state index contributed by atoms with van der Waals surface area (Å²) in [5.74, 6) is 0. The van der Waals surface area contributed by atoms with E-state index in [1.807, 2.05) is 0 Å². The van der Waals surface area contributed by atoms with Gasteiger partial charge in [-0.1, -0.05) is 44.3 Å². The Hall–Kier alpha value is -0.260. The molecule has 0 saturated heterocycles. The van der Waals surface area contributed by atoms with Crippen LogP contribution in [0.5, 0.6) is 0 Å². The van der Waals surface area contributed by atoms with Gasteiger partial charge in [-0.3, -0.25) is 0 Å². The molecule has 0 nitrogen and oxygen atoms in total. The van der Waals surface area contributed by atoms with Crippen molar-refractivity contribution in [3.8, 4) is 0 Å². The van der Waals surface area contributed by atoms with E-state index in [9.17, 15) is 0 Å². The molecule has 1 aliphatic rings. The van der Waals surface area contributed by atoms with Gasteiger partial charge in [0.2, 0.25) is 0 Å². The molecule has 0 saturated carbocycles. The monoisotopic (exact) mass is 165 g/mol. The zero-order chi connectivity index (χ0) is 8.65. The van der Waals surface area contributed by atoms with Crippen LogP contribution in [0.2, 0.25) is 0 Å². The Morgan fingerprint density at radius 2 is 1.67 bits per heavy atom. The highest BCUT2D eigenvalue weighted by molar-refractivity contribution is 5.11. The van der Waals surface area contributed by atoms with E-state index < -0.39 is 0 Å². The molecule has 0 aromatic carbocycles. The summed E-state index contributed by atoms with van der Waals surface area (Å²) in [7, 11) is 0. The number of hydrogen-bond acceptors (Lipinski definition) is 0. The maximum atomic E-state index is 2.44. The third-order valence-corrected chi connectivity index (χ3v) is 2.70. The lowest BCUT2D eigenvalue weighted by Crippen LogP contribution is -1.88. The van der Waals surface area contributed by atoms with E-state index in [1.54, 1.807) is 5.57 Å². The molecule has 0 aliphatic heterocycles. The molecule has 0 aromatic heterocycles. The number of rotatable bonds is 1. The van der Waals surface area contributed by atoms with Crippen LogP contribution in [0.15, 0.2) is 11.6 Å². The second kappa shape index (κ2) is 6.28. The molecule has 1 radical (unpaired) electrons. The normalized spacial score (nSPS) is 25.9. The van der Waals surface area contributed by atoms with Gasteiger partial charge in [-0.2, -0.15) is 0 Å². The van der Waals surface area contributed by atoms with Crippen LogP contribution in [0.4, 0.5) is 0 Å². The van der Waals surface area contributed by atoms with Gasteiger partial charge in [0, 0.05) is 0 Å². The predicted octanol–water partition coefficient (Wildman–Crippen LogP) is 4.27. The molecule has 0 bridgehead atoms. The fourth-order valence-corrected chi connectivity index (χ4v) is 1.83. The van der Waals surface area contributed by atoms with Gasteiger partial charge in [0.15, 0.2) is 0 Å². The molecule has 12 heavy (non-hydrogen) atoms. The molecule has 1 rings (SSSR count). The Balaban J connectivity index is 2.32. The van der Waals surface area contributed by atoms with Gasteiger partial charge in [0.25, 0.3) is 0 Å². The van der Waals surface area contributed by atoms with Gasteiger partial charge in [0.05, 0.1) is 0 Å². The average molecular weight is 165 g/mol. The van der Waals surface area contributed by atoms with Crippen LogP contribution in [-0.4, -0.2) is 0 Å². The minimum atomic E-state index is 1.31. The first-order chi connectivity index (χ1) is 5.93. The predicted molar refractivity (Wildman–Crippen MR) is 55.0 cm³/mol. The maximum Gasteiger partial charge on any atom is -0.0169 e. The Morgan fingerprint density at radius 1 is 1.00 bits per heavy atom. The highest BCUT2D eigenvalue weighted by atomic mass is 14.0. The van der Waals surface area contributed by atoms with Crippen molar-refractivity contribution in [1.29, 1.82) is 0 Å². The molecule has 69 valence electrons. The molecule has 0 heteroatoms. The van der Waals surface area contributed by atoms with Crippen molar-refractivity contribution >= 4 is 0 Å². The van der Waals surface area contributed by atoms with Crippen molar-refractivity contribution in [2.45, 2.75) is 58.3 Å². The second-order valence-corrected chi connectivity index (χ2v) is 3.73. The van der Waals surface area contributed by atoms with Crippen molar-refractivity contribution in [2.24, 2.45) is 0 Å². The van der Waals surface area contributed by atoms with E-state index in [0.29, 0.717) is 0 Å². The van der Waals surface area contributed by atoms with Crippen molar-refractivity contribution < 1.29 is 0 Å². The highest BCUT2D eigenvalue weighted by Crippen LogP contribution is 2.17. The third kappa shape index (κ3) is 3.94. The minimum Gasteiger partial charge on any atom is -0.0850 e. The quantitative estimate of drug-likeness (QED) is 0.544. The van der Waals surface area contributed by atoms with Gasteiger partial charge in [-0.25, -0.2) is 0 Å². The fourth-order valence-electron chi connectivity index (χ4n) is 1.83. The molecule has 0 aromatic rings. The molecule has 1 aliphatic carbocycles. The summed E-state index contributed by atoms with van der Waals surface area (Å²) in [5.41, 5.74) is 1.58. The van der Waals surface area contributed by atoms with E-state index in [1.165, 1.54) is 51.4 Å². The summed E-state index contributed by atoms with van der Waals surface area (Å²) >= 11 is 0. The first-order valence-corrected chi connectivity index (χ1v) is 5.42. The summed E-state index contributed by atoms with van der Waals surface area (Å²) < 4.78 is 0. The summed E-state index contributed by atoms with van der Waals surface area (Å²) in [6.45, 7) is 2.16. The van der Waals surface area contributed by atoms with Crippen LogP contribution < -0.4 is 0 Å². The van der Waals surface area contributed by atoms with Crippen LogP contribution in [0.1, 0.15) is 58.3 Å². The Morgan fingerprint density at radius 3 is 2.42 bits per heavy atom. The smallest absolute Gasteiger partial charge is 0.0169 e. The molecule has 0 spiro atoms. The van der Waals surface area contributed by atoms with Gasteiger partial charge in [0.1, 0.15) is 0 Å². The van der Waals surface area contributed by atoms with E-state index >= 15 is 0 Å². The fraction of sp³-hybridized carbons (Fsp3) is 0.750. The maximum absolute atomic E-state index is 2.44. The largest absolute Gasteiger partial charge is 0.0850 e. The van der Waals surface area contributed by atoms with Crippen LogP contribution >= 0.6 is 0 Å². The van der Waals surface area contributed by atoms with E-state index in [2.05, 4.69) is 19.4 Å². The topological polar surface area (TPSA) is 0 Å². The molecule has 0 heterocycles. The molecule has 0 fully saturated rings. The lowest BCUT2D eigenvalue weighted by Gasteiger charge is -2.07. The summed E-state index contributed by atoms with van der Waals surface area (Å²) in [5, 5.41) is 0. The van der Waals surface area contributed by atoms with Crippen LogP contribution in [0.3, 0.4) is 0 Å². The van der Waals surface area contributed by atoms with E-state index in [-0.39, 0.29) is 0 Å². The summed E-state index contributed by atoms with van der Waals surface area (Å²) in [6, 6.07) is 0. The first kappa shape index (κ1) is 9.83. The average Bonchev–Trinajstić information content (AvgIpc) is 2.14. The van der Waals surface area contributed by atoms with Gasteiger partial charge < -0.3 is 0 Å². The molecule has 0 atom stereocenters. The van der Waals surface area contributed by atoms with Crippen molar-refractivity contribution in [3.63, 3.8) is 0 Å². The second-order valence-electron chi connectivity index (χ2n) is 3.73. The van der Waals surface area contributed by atoms with Crippen molar-refractivity contribution in [3.05, 3.63) is 18.1 Å². The molecular weight excluding hydrogens is 144 g/mol. The molecule has 0 unspecified atom stereocenters. The minimum absolute atomic E-state index is 1.31. The van der Waals surface area contributed by atoms with E-state index in [0.717, 1.165) is 0 Å². The van der Waals surface area contributed by atoms with Crippen molar-refractivity contribution in [2.75, 3.05) is 0 Å². The molecule has 0 N–H and O–H groups in total. The summed E-state index contributed by atoms with van der Waals surface area (Å²) in [6.07, 6.45) is 15.9. The van der Waals surface area contributed by atoms with Crippen LogP contribution in [0, 0.1) is 6.42 Å². The Labute approximate surface area is 77.1 Å². The highest BCUT2D eigenvalue weighted by Gasteiger charge is 1.98. The standard InChI is InChI=1S/C12H21/c1-2-12-10-8-6-4-3-5-7-9-11-12/h2,10H,3-9,11H2,1H3/b12-10-. The lowest BCUT2D eigenvalue weighted by molar-refractivity contribution is 0.586. The lowest BCUT2D eigenvalue weighted by atomic mass is 9.99. The number of hydrogen-bond donors (Lipinski definition) is 0. The zero-order valence-corrected chi connectivity index (χ0v) is 8.31. The number of allylic oxidation sites excluding steroid dienone is 2. The Bertz CT molecular complexity index is 133. The zero-order valence-electron chi connectivity index (χ0n) is 8.31. The Kier molecular flexibility index (Phi) is 5.14. The van der Waals surface area contributed by atoms with Crippen LogP contribution in [-0.2, 0) is 0 Å². The molecular formula is C12H21.